The maximum absolute atomic E-state index is 13.8. The zero-order chi connectivity index (χ0) is 34.4. The third kappa shape index (κ3) is 12.7. The number of nitrogens with zero attached hydrogens (tertiary/aromatic N) is 2. The molecule has 3 unspecified atom stereocenters. The Hall–Kier alpha value is -3.31. The number of amides is 3. The minimum atomic E-state index is -0.825. The van der Waals surface area contributed by atoms with Gasteiger partial charge < -0.3 is 25.7 Å². The first-order chi connectivity index (χ1) is 22.4. The average molecular weight is 671 g/mol. The number of carbonyl (C=O) groups excluding carboxylic acids is 3. The van der Waals surface area contributed by atoms with E-state index in [1.54, 1.807) is 11.3 Å². The lowest BCUT2D eigenvalue weighted by atomic mass is 9.85. The molecule has 47 heavy (non-hydrogen) atoms. The molecule has 0 bridgehead atoms. The number of aliphatic hydroxyl groups excluding tert-OH is 1. The molecule has 1 fully saturated rings. The smallest absolute Gasteiger partial charge is 0.303 e. The maximum atomic E-state index is 13.8. The van der Waals surface area contributed by atoms with E-state index in [4.69, 9.17) is 5.11 Å². The van der Waals surface area contributed by atoms with E-state index in [0.29, 0.717) is 13.0 Å². The molecule has 260 valence electrons. The fraction of sp³-hybridized carbons (Fsp3) is 0.639. The molecule has 0 aliphatic carbocycles. The Kier molecular flexibility index (Phi) is 15.3. The van der Waals surface area contributed by atoms with E-state index in [-0.39, 0.29) is 37.1 Å². The lowest BCUT2D eigenvalue weighted by Crippen LogP contribution is -2.57. The zero-order valence-electron chi connectivity index (χ0n) is 28.6. The van der Waals surface area contributed by atoms with E-state index < -0.39 is 29.6 Å². The van der Waals surface area contributed by atoms with Gasteiger partial charge in [-0.1, -0.05) is 96.4 Å². The number of aliphatic hydroxyl groups is 1. The van der Waals surface area contributed by atoms with Gasteiger partial charge in [0.15, 0.2) is 0 Å². The van der Waals surface area contributed by atoms with E-state index in [9.17, 15) is 24.3 Å². The number of hydrogen-bond acceptors (Lipinski definition) is 7. The number of carboxylic acids is 1. The molecule has 11 heteroatoms. The highest BCUT2D eigenvalue weighted by Crippen LogP contribution is 2.28. The summed E-state index contributed by atoms with van der Waals surface area (Å²) >= 11 is 1.59. The van der Waals surface area contributed by atoms with Crippen LogP contribution in [-0.2, 0) is 25.7 Å². The molecule has 1 aromatic carbocycles. The molecule has 3 atom stereocenters. The van der Waals surface area contributed by atoms with Gasteiger partial charge in [-0.3, -0.25) is 19.2 Å². The van der Waals surface area contributed by atoms with Crippen LogP contribution in [0.3, 0.4) is 0 Å². The van der Waals surface area contributed by atoms with Crippen molar-refractivity contribution in [2.24, 2.45) is 5.41 Å². The first kappa shape index (κ1) is 38.1. The quantitative estimate of drug-likeness (QED) is 0.134. The van der Waals surface area contributed by atoms with Gasteiger partial charge in [0.2, 0.25) is 17.7 Å². The molecule has 3 rings (SSSR count). The summed E-state index contributed by atoms with van der Waals surface area (Å²) in [5, 5.41) is 25.0. The van der Waals surface area contributed by atoms with Crippen LogP contribution in [0.4, 0.5) is 0 Å². The Morgan fingerprint density at radius 2 is 1.51 bits per heavy atom. The maximum Gasteiger partial charge on any atom is 0.303 e. The summed E-state index contributed by atoms with van der Waals surface area (Å²) in [5.41, 5.74) is 4.20. The third-order valence-electron chi connectivity index (χ3n) is 8.76. The normalized spacial score (nSPS) is 17.0. The monoisotopic (exact) mass is 670 g/mol. The number of likely N-dealkylation sites (tertiary alicyclic amines) is 1. The molecule has 1 saturated heterocycles. The fourth-order valence-corrected chi connectivity index (χ4v) is 6.80. The van der Waals surface area contributed by atoms with E-state index in [1.165, 1.54) is 4.90 Å². The molecule has 0 saturated carbocycles. The van der Waals surface area contributed by atoms with Crippen molar-refractivity contribution in [3.63, 3.8) is 0 Å². The van der Waals surface area contributed by atoms with Crippen LogP contribution in [0.1, 0.15) is 115 Å². The van der Waals surface area contributed by atoms with Crippen LogP contribution < -0.4 is 10.6 Å². The molecule has 2 heterocycles. The van der Waals surface area contributed by atoms with Crippen molar-refractivity contribution in [3.05, 3.63) is 41.0 Å². The van der Waals surface area contributed by atoms with Crippen LogP contribution in [0, 0.1) is 12.3 Å². The number of unbranched alkanes of at least 4 members (excludes halogenated alkanes) is 9. The molecule has 3 amide bonds. The number of β-amino-alcohol motifs (C(OH)–C–C–N with tert-alkyl or cyclic N) is 1. The molecule has 0 spiro atoms. The standard InChI is InChI=1S/C36H54N4O6S/c1-25-32(47-24-38-25)27-19-17-26(18-20-27)22-37-34(45)29-21-28(41)23-40(29)35(46)33(36(2,3)4)39-30(42)15-13-11-9-7-5-6-8-10-12-14-16-31(43)44/h17-20,24,28-29,33,41H,5-16,21-23H2,1-4H3,(H,37,45)(H,39,42)(H,43,44). The molecule has 4 N–H and O–H groups in total. The van der Waals surface area contributed by atoms with Crippen molar-refractivity contribution >= 4 is 35.0 Å². The lowest BCUT2D eigenvalue weighted by molar-refractivity contribution is -0.144. The first-order valence-electron chi connectivity index (χ1n) is 17.1. The highest BCUT2D eigenvalue weighted by atomic mass is 32.1. The largest absolute Gasteiger partial charge is 0.481 e. The van der Waals surface area contributed by atoms with Crippen molar-refractivity contribution in [3.8, 4) is 10.4 Å². The third-order valence-corrected chi connectivity index (χ3v) is 9.73. The number of aryl methyl sites for hydroxylation is 1. The lowest BCUT2D eigenvalue weighted by Gasteiger charge is -2.35. The summed E-state index contributed by atoms with van der Waals surface area (Å²) in [4.78, 5) is 57.4. The minimum absolute atomic E-state index is 0.0462. The van der Waals surface area contributed by atoms with Crippen molar-refractivity contribution in [2.45, 2.75) is 136 Å². The molecule has 2 aromatic rings. The first-order valence-corrected chi connectivity index (χ1v) is 18.0. The van der Waals surface area contributed by atoms with Gasteiger partial charge in [-0.15, -0.1) is 11.3 Å². The van der Waals surface area contributed by atoms with Gasteiger partial charge in [-0.05, 0) is 36.3 Å². The second-order valence-electron chi connectivity index (χ2n) is 13.9. The van der Waals surface area contributed by atoms with Crippen molar-refractivity contribution in [1.82, 2.24) is 20.5 Å². The van der Waals surface area contributed by atoms with Crippen LogP contribution in [0.2, 0.25) is 0 Å². The van der Waals surface area contributed by atoms with Crippen LogP contribution in [0.25, 0.3) is 10.4 Å². The number of nitrogens with one attached hydrogen (secondary N) is 2. The zero-order valence-corrected chi connectivity index (χ0v) is 29.4. The van der Waals surface area contributed by atoms with Crippen LogP contribution in [0.5, 0.6) is 0 Å². The van der Waals surface area contributed by atoms with Crippen molar-refractivity contribution in [2.75, 3.05) is 6.54 Å². The number of benzene rings is 1. The molecule has 10 nitrogen and oxygen atoms in total. The number of carboxylic acid groups (broad SMARTS) is 1. The topological polar surface area (TPSA) is 149 Å². The summed E-state index contributed by atoms with van der Waals surface area (Å²) in [6.45, 7) is 7.99. The number of aromatic nitrogens is 1. The summed E-state index contributed by atoms with van der Waals surface area (Å²) in [5.74, 6) is -1.59. The van der Waals surface area contributed by atoms with Gasteiger partial charge in [-0.25, -0.2) is 4.98 Å². The molecule has 1 aromatic heterocycles. The summed E-state index contributed by atoms with van der Waals surface area (Å²) in [6.07, 6.45) is 9.96. The Morgan fingerprint density at radius 3 is 2.04 bits per heavy atom. The summed E-state index contributed by atoms with van der Waals surface area (Å²) in [7, 11) is 0. The van der Waals surface area contributed by atoms with Gasteiger partial charge in [0, 0.05) is 32.4 Å². The van der Waals surface area contributed by atoms with Gasteiger partial charge in [0.25, 0.3) is 0 Å². The van der Waals surface area contributed by atoms with E-state index in [1.807, 2.05) is 57.5 Å². The number of aliphatic carboxylic acids is 1. The molecule has 1 aliphatic heterocycles. The highest BCUT2D eigenvalue weighted by molar-refractivity contribution is 7.13. The molecular formula is C36H54N4O6S. The van der Waals surface area contributed by atoms with Crippen molar-refractivity contribution < 1.29 is 29.4 Å². The average Bonchev–Trinajstić information content (AvgIpc) is 3.63. The van der Waals surface area contributed by atoms with E-state index in [0.717, 1.165) is 85.9 Å². The second kappa shape index (κ2) is 18.9. The predicted molar refractivity (Wildman–Crippen MR) is 185 cm³/mol. The van der Waals surface area contributed by atoms with Gasteiger partial charge >= 0.3 is 5.97 Å². The number of thiazole rings is 1. The van der Waals surface area contributed by atoms with Crippen LogP contribution in [-0.4, -0.2) is 68.5 Å². The van der Waals surface area contributed by atoms with Gasteiger partial charge in [0.05, 0.1) is 22.2 Å². The van der Waals surface area contributed by atoms with E-state index in [2.05, 4.69) is 15.6 Å². The Bertz CT molecular complexity index is 1310. The molecule has 0 radical (unpaired) electrons. The second-order valence-corrected chi connectivity index (χ2v) is 14.7. The summed E-state index contributed by atoms with van der Waals surface area (Å²) in [6, 6.07) is 6.29. The number of rotatable bonds is 19. The summed E-state index contributed by atoms with van der Waals surface area (Å²) < 4.78 is 0. The molecule has 1 aliphatic rings. The Labute approximate surface area is 283 Å². The Morgan fingerprint density at radius 1 is 0.936 bits per heavy atom. The SMILES string of the molecule is Cc1ncsc1-c1ccc(CNC(=O)C2CC(O)CN2C(=O)C(NC(=O)CCCCCCCCCCCCC(=O)O)C(C)(C)C)cc1. The predicted octanol–water partition coefficient (Wildman–Crippen LogP) is 5.99. The molecular weight excluding hydrogens is 616 g/mol. The van der Waals surface area contributed by atoms with Crippen LogP contribution in [0.15, 0.2) is 29.8 Å². The van der Waals surface area contributed by atoms with Crippen LogP contribution >= 0.6 is 11.3 Å². The number of carbonyl (C=O) groups is 4. The number of hydrogen-bond donors (Lipinski definition) is 4. The highest BCUT2D eigenvalue weighted by Gasteiger charge is 2.44. The Balaban J connectivity index is 1.43. The van der Waals surface area contributed by atoms with Gasteiger partial charge in [-0.2, -0.15) is 0 Å². The fourth-order valence-electron chi connectivity index (χ4n) is 5.99. The minimum Gasteiger partial charge on any atom is -0.481 e. The van der Waals surface area contributed by atoms with E-state index >= 15 is 0 Å². The van der Waals surface area contributed by atoms with Crippen molar-refractivity contribution in [1.29, 1.82) is 0 Å². The van der Waals surface area contributed by atoms with Gasteiger partial charge in [0.1, 0.15) is 12.1 Å².